The Morgan fingerprint density at radius 1 is 1.53 bits per heavy atom. The number of aromatic nitrogens is 2. The van der Waals surface area contributed by atoms with Crippen LogP contribution >= 0.6 is 0 Å². The molecule has 0 aliphatic heterocycles. The maximum absolute atomic E-state index is 8.73. The van der Waals surface area contributed by atoms with Crippen molar-refractivity contribution in [3.05, 3.63) is 29.9 Å². The third-order valence-corrected chi connectivity index (χ3v) is 2.26. The molecule has 2 aromatic rings. The minimum atomic E-state index is 0.190. The second-order valence-corrected chi connectivity index (χ2v) is 3.46. The van der Waals surface area contributed by atoms with E-state index in [4.69, 9.17) is 9.52 Å². The number of nitrogens with zero attached hydrogens (tertiary/aromatic N) is 1. The van der Waals surface area contributed by atoms with Gasteiger partial charge >= 0.3 is 0 Å². The van der Waals surface area contributed by atoms with E-state index in [0.29, 0.717) is 0 Å². The Balaban J connectivity index is 2.22. The van der Waals surface area contributed by atoms with Crippen molar-refractivity contribution in [2.45, 2.75) is 19.8 Å². The van der Waals surface area contributed by atoms with Crippen molar-refractivity contribution in [2.24, 2.45) is 0 Å². The molecule has 0 fully saturated rings. The van der Waals surface area contributed by atoms with Crippen LogP contribution in [0.2, 0.25) is 0 Å². The molecule has 0 saturated heterocycles. The highest BCUT2D eigenvalue weighted by Gasteiger charge is 2.10. The Hall–Kier alpha value is -1.55. The first-order valence-electron chi connectivity index (χ1n) is 5.01. The summed E-state index contributed by atoms with van der Waals surface area (Å²) < 4.78 is 5.29. The van der Waals surface area contributed by atoms with Gasteiger partial charge < -0.3 is 14.5 Å². The Morgan fingerprint density at radius 3 is 3.07 bits per heavy atom. The van der Waals surface area contributed by atoms with Gasteiger partial charge in [0, 0.05) is 18.7 Å². The first-order chi connectivity index (χ1) is 7.31. The lowest BCUT2D eigenvalue weighted by Gasteiger charge is -1.91. The largest absolute Gasteiger partial charge is 0.463 e. The van der Waals surface area contributed by atoms with E-state index in [1.54, 1.807) is 6.26 Å². The summed E-state index contributed by atoms with van der Waals surface area (Å²) in [6, 6.07) is 3.73. The van der Waals surface area contributed by atoms with Crippen LogP contribution in [0, 0.1) is 6.92 Å². The lowest BCUT2D eigenvalue weighted by atomic mass is 10.3. The van der Waals surface area contributed by atoms with Gasteiger partial charge in [-0.15, -0.1) is 0 Å². The third-order valence-electron chi connectivity index (χ3n) is 2.26. The topological polar surface area (TPSA) is 62.0 Å². The van der Waals surface area contributed by atoms with Gasteiger partial charge in [0.25, 0.3) is 0 Å². The summed E-state index contributed by atoms with van der Waals surface area (Å²) in [7, 11) is 0. The van der Waals surface area contributed by atoms with Crippen LogP contribution in [0.1, 0.15) is 17.9 Å². The van der Waals surface area contributed by atoms with Crippen LogP contribution in [-0.2, 0) is 6.42 Å². The average molecular weight is 206 g/mol. The number of hydrogen-bond donors (Lipinski definition) is 2. The molecule has 0 bridgehead atoms. The molecule has 0 aliphatic carbocycles. The Morgan fingerprint density at radius 2 is 2.40 bits per heavy atom. The molecule has 2 aromatic heterocycles. The fraction of sp³-hybridized carbons (Fsp3) is 0.364. The molecule has 0 aliphatic rings. The summed E-state index contributed by atoms with van der Waals surface area (Å²) >= 11 is 0. The van der Waals surface area contributed by atoms with Crippen molar-refractivity contribution in [3.8, 4) is 11.5 Å². The number of hydrogen-bond acceptors (Lipinski definition) is 3. The van der Waals surface area contributed by atoms with E-state index < -0.39 is 0 Å². The second kappa shape index (κ2) is 4.31. The number of aryl methyl sites for hydroxylation is 2. The van der Waals surface area contributed by atoms with Gasteiger partial charge in [-0.1, -0.05) is 0 Å². The standard InChI is InChI=1S/C11H14N2O2/c1-8-11(9-4-3-7-15-9)13-10(12-8)5-2-6-14/h3-4,7,14H,2,5-6H2,1H3,(H,12,13). The molecule has 80 valence electrons. The molecule has 0 saturated carbocycles. The van der Waals surface area contributed by atoms with Crippen LogP contribution in [0.5, 0.6) is 0 Å². The lowest BCUT2D eigenvalue weighted by Crippen LogP contribution is -1.91. The zero-order chi connectivity index (χ0) is 10.7. The molecular formula is C11H14N2O2. The summed E-state index contributed by atoms with van der Waals surface area (Å²) in [5.74, 6) is 1.67. The second-order valence-electron chi connectivity index (χ2n) is 3.46. The molecule has 0 aromatic carbocycles. The van der Waals surface area contributed by atoms with Crippen LogP contribution < -0.4 is 0 Å². The molecule has 2 heterocycles. The normalized spacial score (nSPS) is 10.8. The average Bonchev–Trinajstić information content (AvgIpc) is 2.83. The maximum Gasteiger partial charge on any atom is 0.154 e. The maximum atomic E-state index is 8.73. The van der Waals surface area contributed by atoms with Crippen LogP contribution in [-0.4, -0.2) is 21.7 Å². The summed E-state index contributed by atoms with van der Waals surface area (Å²) in [6.45, 7) is 2.16. The minimum Gasteiger partial charge on any atom is -0.463 e. The Bertz CT molecular complexity index is 418. The van der Waals surface area contributed by atoms with Gasteiger partial charge in [0.15, 0.2) is 5.76 Å². The highest BCUT2D eigenvalue weighted by molar-refractivity contribution is 5.55. The summed E-state index contributed by atoms with van der Waals surface area (Å²) in [5.41, 5.74) is 1.85. The van der Waals surface area contributed by atoms with Gasteiger partial charge in [0.2, 0.25) is 0 Å². The predicted molar refractivity (Wildman–Crippen MR) is 56.4 cm³/mol. The van der Waals surface area contributed by atoms with E-state index >= 15 is 0 Å². The lowest BCUT2D eigenvalue weighted by molar-refractivity contribution is 0.287. The van der Waals surface area contributed by atoms with E-state index in [1.807, 2.05) is 19.1 Å². The first-order valence-corrected chi connectivity index (χ1v) is 5.01. The molecule has 0 spiro atoms. The van der Waals surface area contributed by atoms with Gasteiger partial charge in [-0.3, -0.25) is 0 Å². The van der Waals surface area contributed by atoms with E-state index in [-0.39, 0.29) is 6.61 Å². The van der Waals surface area contributed by atoms with Crippen LogP contribution in [0.15, 0.2) is 22.8 Å². The predicted octanol–water partition coefficient (Wildman–Crippen LogP) is 1.90. The molecule has 15 heavy (non-hydrogen) atoms. The third kappa shape index (κ3) is 2.10. The SMILES string of the molecule is Cc1[nH]c(CCCO)nc1-c1ccco1. The van der Waals surface area contributed by atoms with Crippen molar-refractivity contribution in [1.29, 1.82) is 0 Å². The van der Waals surface area contributed by atoms with E-state index in [2.05, 4.69) is 9.97 Å². The number of aliphatic hydroxyl groups is 1. The zero-order valence-electron chi connectivity index (χ0n) is 8.66. The molecule has 4 nitrogen and oxygen atoms in total. The highest BCUT2D eigenvalue weighted by atomic mass is 16.3. The number of imidazole rings is 1. The Labute approximate surface area is 88.0 Å². The van der Waals surface area contributed by atoms with Gasteiger partial charge in [0.05, 0.1) is 6.26 Å². The molecule has 2 N–H and O–H groups in total. The molecular weight excluding hydrogens is 192 g/mol. The fourth-order valence-electron chi connectivity index (χ4n) is 1.54. The highest BCUT2D eigenvalue weighted by Crippen LogP contribution is 2.21. The minimum absolute atomic E-state index is 0.190. The van der Waals surface area contributed by atoms with E-state index in [0.717, 1.165) is 35.8 Å². The van der Waals surface area contributed by atoms with Gasteiger partial charge in [-0.2, -0.15) is 0 Å². The van der Waals surface area contributed by atoms with Crippen molar-refractivity contribution in [2.75, 3.05) is 6.61 Å². The molecule has 0 unspecified atom stereocenters. The summed E-state index contributed by atoms with van der Waals surface area (Å²) in [4.78, 5) is 7.61. The van der Waals surface area contributed by atoms with Crippen molar-refractivity contribution < 1.29 is 9.52 Å². The van der Waals surface area contributed by atoms with Crippen molar-refractivity contribution in [3.63, 3.8) is 0 Å². The van der Waals surface area contributed by atoms with Crippen LogP contribution in [0.3, 0.4) is 0 Å². The summed E-state index contributed by atoms with van der Waals surface area (Å²) in [6.07, 6.45) is 3.12. The number of aromatic amines is 1. The first kappa shape index (κ1) is 9.98. The van der Waals surface area contributed by atoms with Gasteiger partial charge in [-0.25, -0.2) is 4.98 Å². The smallest absolute Gasteiger partial charge is 0.154 e. The van der Waals surface area contributed by atoms with E-state index in [1.165, 1.54) is 0 Å². The number of nitrogens with one attached hydrogen (secondary N) is 1. The quantitative estimate of drug-likeness (QED) is 0.803. The summed E-state index contributed by atoms with van der Waals surface area (Å²) in [5, 5.41) is 8.73. The van der Waals surface area contributed by atoms with E-state index in [9.17, 15) is 0 Å². The number of aliphatic hydroxyl groups excluding tert-OH is 1. The van der Waals surface area contributed by atoms with Crippen LogP contribution in [0.4, 0.5) is 0 Å². The Kier molecular flexibility index (Phi) is 2.87. The monoisotopic (exact) mass is 206 g/mol. The van der Waals surface area contributed by atoms with Gasteiger partial charge in [0.1, 0.15) is 11.5 Å². The molecule has 0 amide bonds. The molecule has 0 radical (unpaired) electrons. The number of furan rings is 1. The van der Waals surface area contributed by atoms with Crippen molar-refractivity contribution >= 4 is 0 Å². The van der Waals surface area contributed by atoms with Crippen molar-refractivity contribution in [1.82, 2.24) is 9.97 Å². The number of rotatable bonds is 4. The zero-order valence-corrected chi connectivity index (χ0v) is 8.66. The fourth-order valence-corrected chi connectivity index (χ4v) is 1.54. The number of H-pyrrole nitrogens is 1. The van der Waals surface area contributed by atoms with Gasteiger partial charge in [-0.05, 0) is 25.5 Å². The van der Waals surface area contributed by atoms with Crippen LogP contribution in [0.25, 0.3) is 11.5 Å². The molecule has 0 atom stereocenters. The molecule has 2 rings (SSSR count). The molecule has 4 heteroatoms.